The van der Waals surface area contributed by atoms with Gasteiger partial charge < -0.3 is 20.3 Å². The minimum Gasteiger partial charge on any atom is -0.493 e. The highest BCUT2D eigenvalue weighted by Gasteiger charge is 2.10. The van der Waals surface area contributed by atoms with Crippen molar-refractivity contribution in [2.45, 2.75) is 13.0 Å². The fourth-order valence-electron chi connectivity index (χ4n) is 1.39. The third kappa shape index (κ3) is 4.64. The Kier molecular flexibility index (Phi) is 6.11. The lowest BCUT2D eigenvalue weighted by Gasteiger charge is -2.14. The van der Waals surface area contributed by atoms with Crippen LogP contribution in [0, 0.1) is 0 Å². The van der Waals surface area contributed by atoms with E-state index in [9.17, 15) is 4.79 Å². The number of carbonyl (C=O) groups is 1. The monoisotopic (exact) mass is 317 g/mol. The van der Waals surface area contributed by atoms with E-state index in [1.54, 1.807) is 0 Å². The molecular weight excluding hydrogens is 302 g/mol. The number of aliphatic carboxylic acids is 1. The third-order valence-corrected chi connectivity index (χ3v) is 2.83. The predicted molar refractivity (Wildman–Crippen MR) is 70.7 cm³/mol. The van der Waals surface area contributed by atoms with Crippen LogP contribution in [0.25, 0.3) is 0 Å². The van der Waals surface area contributed by atoms with Gasteiger partial charge in [-0.3, -0.25) is 0 Å². The molecule has 100 valence electrons. The maximum absolute atomic E-state index is 10.3. The van der Waals surface area contributed by atoms with Gasteiger partial charge in [-0.25, -0.2) is 4.79 Å². The quantitative estimate of drug-likeness (QED) is 0.803. The highest BCUT2D eigenvalue weighted by atomic mass is 79.9. The normalized spacial score (nSPS) is 12.2. The summed E-state index contributed by atoms with van der Waals surface area (Å²) in [6, 6.07) is 5.14. The van der Waals surface area contributed by atoms with Crippen LogP contribution in [0.1, 0.15) is 18.5 Å². The van der Waals surface area contributed by atoms with Crippen LogP contribution in [0.15, 0.2) is 22.7 Å². The van der Waals surface area contributed by atoms with Crippen molar-refractivity contribution in [3.63, 3.8) is 0 Å². The summed E-state index contributed by atoms with van der Waals surface area (Å²) >= 11 is 3.39. The van der Waals surface area contributed by atoms with Crippen LogP contribution in [0.5, 0.6) is 5.75 Å². The molecule has 0 fully saturated rings. The van der Waals surface area contributed by atoms with E-state index >= 15 is 0 Å². The number of carboxylic acid groups (broad SMARTS) is 1. The molecule has 0 aromatic heterocycles. The number of hydrogen-bond donors (Lipinski definition) is 2. The largest absolute Gasteiger partial charge is 0.493 e. The molecule has 1 aromatic rings. The molecule has 1 atom stereocenters. The molecule has 1 unspecified atom stereocenters. The van der Waals surface area contributed by atoms with Gasteiger partial charge in [0.2, 0.25) is 0 Å². The van der Waals surface area contributed by atoms with Gasteiger partial charge in [0.15, 0.2) is 0 Å². The molecule has 0 aliphatic carbocycles. The van der Waals surface area contributed by atoms with Crippen molar-refractivity contribution in [2.24, 2.45) is 5.73 Å². The molecule has 3 N–H and O–H groups in total. The molecule has 0 bridgehead atoms. The van der Waals surface area contributed by atoms with Gasteiger partial charge >= 0.3 is 5.97 Å². The van der Waals surface area contributed by atoms with Crippen LogP contribution >= 0.6 is 15.9 Å². The van der Waals surface area contributed by atoms with Crippen molar-refractivity contribution in [1.29, 1.82) is 0 Å². The fraction of sp³-hybridized carbons (Fsp3) is 0.417. The van der Waals surface area contributed by atoms with Crippen molar-refractivity contribution in [2.75, 3.05) is 19.8 Å². The smallest absolute Gasteiger partial charge is 0.329 e. The lowest BCUT2D eigenvalue weighted by molar-refractivity contribution is -0.142. The molecule has 0 saturated carbocycles. The first-order chi connectivity index (χ1) is 8.54. The van der Waals surface area contributed by atoms with Gasteiger partial charge in [0.1, 0.15) is 12.4 Å². The van der Waals surface area contributed by atoms with Gasteiger partial charge in [0, 0.05) is 0 Å². The van der Waals surface area contributed by atoms with Crippen LogP contribution in [0.3, 0.4) is 0 Å². The van der Waals surface area contributed by atoms with Crippen LogP contribution in [-0.4, -0.2) is 30.9 Å². The Balaban J connectivity index is 2.60. The van der Waals surface area contributed by atoms with E-state index in [2.05, 4.69) is 15.9 Å². The van der Waals surface area contributed by atoms with Gasteiger partial charge in [-0.15, -0.1) is 0 Å². The zero-order chi connectivity index (χ0) is 13.5. The van der Waals surface area contributed by atoms with Crippen molar-refractivity contribution in [1.82, 2.24) is 0 Å². The van der Waals surface area contributed by atoms with E-state index < -0.39 is 5.97 Å². The van der Waals surface area contributed by atoms with Gasteiger partial charge in [-0.2, -0.15) is 0 Å². The predicted octanol–water partition coefficient (Wildman–Crippen LogP) is 1.95. The van der Waals surface area contributed by atoms with Crippen LogP contribution in [-0.2, 0) is 9.53 Å². The number of hydrogen-bond acceptors (Lipinski definition) is 4. The molecular formula is C12H16BrNO4. The SMILES string of the molecule is CCOc1ccc(C(N)COCC(=O)O)cc1Br. The van der Waals surface area contributed by atoms with E-state index in [-0.39, 0.29) is 19.3 Å². The number of rotatable bonds is 7. The molecule has 0 aliphatic heterocycles. The summed E-state index contributed by atoms with van der Waals surface area (Å²) in [7, 11) is 0. The first-order valence-corrected chi connectivity index (χ1v) is 6.31. The summed E-state index contributed by atoms with van der Waals surface area (Å²) < 4.78 is 11.2. The Bertz CT molecular complexity index is 411. The minimum atomic E-state index is -1.00. The summed E-state index contributed by atoms with van der Waals surface area (Å²) in [5, 5.41) is 8.45. The summed E-state index contributed by atoms with van der Waals surface area (Å²) in [6.07, 6.45) is 0. The maximum Gasteiger partial charge on any atom is 0.329 e. The molecule has 0 spiro atoms. The Labute approximate surface area is 114 Å². The zero-order valence-corrected chi connectivity index (χ0v) is 11.6. The number of benzene rings is 1. The Morgan fingerprint density at radius 2 is 2.28 bits per heavy atom. The fourth-order valence-corrected chi connectivity index (χ4v) is 1.90. The topological polar surface area (TPSA) is 81.8 Å². The molecule has 0 saturated heterocycles. The first kappa shape index (κ1) is 14.9. The molecule has 6 heteroatoms. The molecule has 5 nitrogen and oxygen atoms in total. The van der Waals surface area contributed by atoms with Crippen molar-refractivity contribution in [3.8, 4) is 5.75 Å². The molecule has 0 heterocycles. The summed E-state index contributed by atoms with van der Waals surface area (Å²) in [6.45, 7) is 2.32. The van der Waals surface area contributed by atoms with Crippen LogP contribution < -0.4 is 10.5 Å². The number of halogens is 1. The van der Waals surface area contributed by atoms with Crippen LogP contribution in [0.2, 0.25) is 0 Å². The van der Waals surface area contributed by atoms with E-state index in [1.807, 2.05) is 25.1 Å². The number of ether oxygens (including phenoxy) is 2. The zero-order valence-electron chi connectivity index (χ0n) is 10.1. The molecule has 1 rings (SSSR count). The Morgan fingerprint density at radius 3 is 2.83 bits per heavy atom. The van der Waals surface area contributed by atoms with Gasteiger partial charge in [0.05, 0.1) is 23.7 Å². The Morgan fingerprint density at radius 1 is 1.56 bits per heavy atom. The molecule has 18 heavy (non-hydrogen) atoms. The molecule has 0 radical (unpaired) electrons. The second kappa shape index (κ2) is 7.35. The molecule has 0 aliphatic rings. The van der Waals surface area contributed by atoms with E-state index in [4.69, 9.17) is 20.3 Å². The van der Waals surface area contributed by atoms with E-state index in [0.717, 1.165) is 15.8 Å². The average molecular weight is 318 g/mol. The summed E-state index contributed by atoms with van der Waals surface area (Å²) in [4.78, 5) is 10.3. The first-order valence-electron chi connectivity index (χ1n) is 5.52. The lowest BCUT2D eigenvalue weighted by atomic mass is 10.1. The molecule has 0 amide bonds. The van der Waals surface area contributed by atoms with Gasteiger partial charge in [-0.05, 0) is 40.5 Å². The number of carboxylic acids is 1. The maximum atomic E-state index is 10.3. The second-order valence-electron chi connectivity index (χ2n) is 3.64. The average Bonchev–Trinajstić information content (AvgIpc) is 2.31. The van der Waals surface area contributed by atoms with Crippen molar-refractivity contribution in [3.05, 3.63) is 28.2 Å². The lowest BCUT2D eigenvalue weighted by Crippen LogP contribution is -2.19. The number of nitrogens with two attached hydrogens (primary N) is 1. The highest BCUT2D eigenvalue weighted by molar-refractivity contribution is 9.10. The molecule has 1 aromatic carbocycles. The van der Waals surface area contributed by atoms with Crippen LogP contribution in [0.4, 0.5) is 0 Å². The third-order valence-electron chi connectivity index (χ3n) is 2.21. The van der Waals surface area contributed by atoms with Crippen molar-refractivity contribution < 1.29 is 19.4 Å². The standard InChI is InChI=1S/C12H16BrNO4/c1-2-18-11-4-3-8(5-9(11)13)10(14)6-17-7-12(15)16/h3-5,10H,2,6-7,14H2,1H3,(H,15,16). The summed E-state index contributed by atoms with van der Waals surface area (Å²) in [5.41, 5.74) is 6.75. The second-order valence-corrected chi connectivity index (χ2v) is 4.49. The van der Waals surface area contributed by atoms with Gasteiger partial charge in [0.25, 0.3) is 0 Å². The minimum absolute atomic E-state index is 0.159. The van der Waals surface area contributed by atoms with E-state index in [0.29, 0.717) is 6.61 Å². The Hall–Kier alpha value is -1.11. The highest BCUT2D eigenvalue weighted by Crippen LogP contribution is 2.27. The van der Waals surface area contributed by atoms with Crippen molar-refractivity contribution >= 4 is 21.9 Å². The van der Waals surface area contributed by atoms with E-state index in [1.165, 1.54) is 0 Å². The summed E-state index contributed by atoms with van der Waals surface area (Å²) in [5.74, 6) is -0.255. The van der Waals surface area contributed by atoms with Gasteiger partial charge in [-0.1, -0.05) is 6.07 Å².